The van der Waals surface area contributed by atoms with E-state index in [2.05, 4.69) is 10.3 Å². The van der Waals surface area contributed by atoms with Crippen LogP contribution in [-0.2, 0) is 0 Å². The number of nitrogens with one attached hydrogen (secondary N) is 1. The summed E-state index contributed by atoms with van der Waals surface area (Å²) in [6.07, 6.45) is 1.51. The van der Waals surface area contributed by atoms with Gasteiger partial charge >= 0.3 is 0 Å². The van der Waals surface area contributed by atoms with Gasteiger partial charge in [0.15, 0.2) is 0 Å². The van der Waals surface area contributed by atoms with Crippen LogP contribution in [0.3, 0.4) is 0 Å². The second-order valence-electron chi connectivity index (χ2n) is 3.56. The number of aromatic nitrogens is 1. The van der Waals surface area contributed by atoms with E-state index in [0.29, 0.717) is 29.5 Å². The molecule has 1 rings (SSSR count). The summed E-state index contributed by atoms with van der Waals surface area (Å²) in [4.78, 5) is 18.0. The van der Waals surface area contributed by atoms with Crippen LogP contribution in [0.2, 0.25) is 5.02 Å². The normalized spacial score (nSPS) is 10.1. The van der Waals surface area contributed by atoms with Gasteiger partial charge < -0.3 is 10.2 Å². The van der Waals surface area contributed by atoms with E-state index in [9.17, 15) is 4.79 Å². The summed E-state index contributed by atoms with van der Waals surface area (Å²) in [7, 11) is 0. The fourth-order valence-corrected chi connectivity index (χ4v) is 1.75. The van der Waals surface area contributed by atoms with Crippen molar-refractivity contribution < 1.29 is 4.79 Å². The molecular formula is C12H18ClN3O. The smallest absolute Gasteiger partial charge is 0.255 e. The van der Waals surface area contributed by atoms with Gasteiger partial charge in [-0.2, -0.15) is 0 Å². The molecule has 0 aromatic carbocycles. The van der Waals surface area contributed by atoms with E-state index in [4.69, 9.17) is 11.6 Å². The van der Waals surface area contributed by atoms with Crippen molar-refractivity contribution in [1.82, 2.24) is 9.88 Å². The van der Waals surface area contributed by atoms with Crippen LogP contribution in [-0.4, -0.2) is 35.4 Å². The molecule has 0 radical (unpaired) electrons. The fraction of sp³-hybridized carbons (Fsp3) is 0.500. The predicted octanol–water partition coefficient (Wildman–Crippen LogP) is 2.65. The van der Waals surface area contributed by atoms with Gasteiger partial charge in [-0.15, -0.1) is 0 Å². The average Bonchev–Trinajstić information content (AvgIpc) is 2.33. The predicted molar refractivity (Wildman–Crippen MR) is 70.7 cm³/mol. The van der Waals surface area contributed by atoms with Gasteiger partial charge in [-0.1, -0.05) is 11.6 Å². The maximum absolute atomic E-state index is 12.2. The molecule has 0 spiro atoms. The number of amides is 1. The van der Waals surface area contributed by atoms with Crippen molar-refractivity contribution in [2.45, 2.75) is 20.8 Å². The number of hydrogen-bond acceptors (Lipinski definition) is 3. The number of anilines is 1. The molecule has 1 N–H and O–H groups in total. The van der Waals surface area contributed by atoms with Gasteiger partial charge in [0.1, 0.15) is 5.82 Å². The standard InChI is InChI=1S/C12H18ClN3O/c1-4-14-11-7-9(10(13)8-15-11)12(17)16(5-2)6-3/h7-8H,4-6H2,1-3H3,(H,14,15). The van der Waals surface area contributed by atoms with Crippen LogP contribution in [0.5, 0.6) is 0 Å². The molecule has 0 aliphatic rings. The van der Waals surface area contributed by atoms with Gasteiger partial charge in [0.2, 0.25) is 0 Å². The third-order valence-electron chi connectivity index (χ3n) is 2.49. The lowest BCUT2D eigenvalue weighted by Crippen LogP contribution is -2.30. The molecule has 17 heavy (non-hydrogen) atoms. The summed E-state index contributed by atoms with van der Waals surface area (Å²) >= 11 is 6.01. The van der Waals surface area contributed by atoms with Crippen molar-refractivity contribution in [1.29, 1.82) is 0 Å². The Morgan fingerprint density at radius 3 is 2.59 bits per heavy atom. The molecule has 5 heteroatoms. The van der Waals surface area contributed by atoms with Gasteiger partial charge in [0, 0.05) is 25.8 Å². The highest BCUT2D eigenvalue weighted by Gasteiger charge is 2.16. The van der Waals surface area contributed by atoms with E-state index in [0.717, 1.165) is 6.54 Å². The van der Waals surface area contributed by atoms with Crippen LogP contribution in [0.1, 0.15) is 31.1 Å². The van der Waals surface area contributed by atoms with Crippen molar-refractivity contribution in [3.05, 3.63) is 22.8 Å². The first-order valence-electron chi connectivity index (χ1n) is 5.82. The summed E-state index contributed by atoms with van der Waals surface area (Å²) in [6.45, 7) is 7.97. The molecule has 1 heterocycles. The highest BCUT2D eigenvalue weighted by Crippen LogP contribution is 2.19. The molecular weight excluding hydrogens is 238 g/mol. The number of halogens is 1. The summed E-state index contributed by atoms with van der Waals surface area (Å²) < 4.78 is 0. The van der Waals surface area contributed by atoms with Gasteiger partial charge in [-0.05, 0) is 26.8 Å². The van der Waals surface area contributed by atoms with Crippen molar-refractivity contribution >= 4 is 23.3 Å². The second kappa shape index (κ2) is 6.45. The number of carbonyl (C=O) groups is 1. The molecule has 0 atom stereocenters. The topological polar surface area (TPSA) is 45.2 Å². The highest BCUT2D eigenvalue weighted by atomic mass is 35.5. The van der Waals surface area contributed by atoms with Gasteiger partial charge in [-0.3, -0.25) is 4.79 Å². The highest BCUT2D eigenvalue weighted by molar-refractivity contribution is 6.33. The molecule has 0 saturated carbocycles. The first-order valence-corrected chi connectivity index (χ1v) is 6.20. The Kier molecular flexibility index (Phi) is 5.22. The second-order valence-corrected chi connectivity index (χ2v) is 3.96. The lowest BCUT2D eigenvalue weighted by Gasteiger charge is -2.19. The zero-order valence-corrected chi connectivity index (χ0v) is 11.2. The molecule has 94 valence electrons. The Balaban J connectivity index is 3.02. The number of nitrogens with zero attached hydrogens (tertiary/aromatic N) is 2. The maximum Gasteiger partial charge on any atom is 0.255 e. The van der Waals surface area contributed by atoms with Crippen molar-refractivity contribution in [3.8, 4) is 0 Å². The maximum atomic E-state index is 12.2. The third kappa shape index (κ3) is 3.33. The molecule has 1 aromatic heterocycles. The molecule has 0 unspecified atom stereocenters. The minimum absolute atomic E-state index is 0.0541. The third-order valence-corrected chi connectivity index (χ3v) is 2.80. The first-order chi connectivity index (χ1) is 8.13. The Labute approximate surface area is 107 Å². The van der Waals surface area contributed by atoms with Crippen LogP contribution in [0, 0.1) is 0 Å². The lowest BCUT2D eigenvalue weighted by atomic mass is 10.2. The van der Waals surface area contributed by atoms with E-state index >= 15 is 0 Å². The summed E-state index contributed by atoms with van der Waals surface area (Å²) in [5, 5.41) is 3.46. The summed E-state index contributed by atoms with van der Waals surface area (Å²) in [6, 6.07) is 1.70. The van der Waals surface area contributed by atoms with Crippen LogP contribution in [0.15, 0.2) is 12.3 Å². The Bertz CT molecular complexity index is 391. The van der Waals surface area contributed by atoms with Gasteiger partial charge in [0.05, 0.1) is 10.6 Å². The lowest BCUT2D eigenvalue weighted by molar-refractivity contribution is 0.0773. The first kappa shape index (κ1) is 13.8. The fourth-order valence-electron chi connectivity index (χ4n) is 1.56. The minimum Gasteiger partial charge on any atom is -0.370 e. The van der Waals surface area contributed by atoms with Crippen LogP contribution in [0.4, 0.5) is 5.82 Å². The van der Waals surface area contributed by atoms with E-state index in [1.807, 2.05) is 20.8 Å². The molecule has 0 fully saturated rings. The number of carbonyl (C=O) groups excluding carboxylic acids is 1. The molecule has 4 nitrogen and oxygen atoms in total. The van der Waals surface area contributed by atoms with Crippen LogP contribution < -0.4 is 5.32 Å². The van der Waals surface area contributed by atoms with E-state index in [1.165, 1.54) is 6.20 Å². The summed E-state index contributed by atoms with van der Waals surface area (Å²) in [5.41, 5.74) is 0.501. The quantitative estimate of drug-likeness (QED) is 0.880. The Hall–Kier alpha value is -1.29. The van der Waals surface area contributed by atoms with Gasteiger partial charge in [0.25, 0.3) is 5.91 Å². The zero-order valence-electron chi connectivity index (χ0n) is 10.5. The molecule has 0 bridgehead atoms. The average molecular weight is 256 g/mol. The molecule has 0 aliphatic carbocycles. The van der Waals surface area contributed by atoms with E-state index in [1.54, 1.807) is 11.0 Å². The largest absolute Gasteiger partial charge is 0.370 e. The SMILES string of the molecule is CCNc1cc(C(=O)N(CC)CC)c(Cl)cn1. The van der Waals surface area contributed by atoms with Crippen molar-refractivity contribution in [3.63, 3.8) is 0 Å². The van der Waals surface area contributed by atoms with Crippen LogP contribution >= 0.6 is 11.6 Å². The van der Waals surface area contributed by atoms with Crippen LogP contribution in [0.25, 0.3) is 0 Å². The molecule has 0 aliphatic heterocycles. The number of hydrogen-bond donors (Lipinski definition) is 1. The molecule has 1 aromatic rings. The zero-order chi connectivity index (χ0) is 12.8. The number of pyridine rings is 1. The van der Waals surface area contributed by atoms with E-state index in [-0.39, 0.29) is 5.91 Å². The Morgan fingerprint density at radius 2 is 2.06 bits per heavy atom. The van der Waals surface area contributed by atoms with Crippen molar-refractivity contribution in [2.24, 2.45) is 0 Å². The van der Waals surface area contributed by atoms with Gasteiger partial charge in [-0.25, -0.2) is 4.98 Å². The minimum atomic E-state index is -0.0541. The Morgan fingerprint density at radius 1 is 1.41 bits per heavy atom. The monoisotopic (exact) mass is 255 g/mol. The van der Waals surface area contributed by atoms with Crippen molar-refractivity contribution in [2.75, 3.05) is 25.0 Å². The molecule has 0 saturated heterocycles. The number of rotatable bonds is 5. The van der Waals surface area contributed by atoms with E-state index < -0.39 is 0 Å². The molecule has 1 amide bonds. The summed E-state index contributed by atoms with van der Waals surface area (Å²) in [5.74, 6) is 0.619.